The van der Waals surface area contributed by atoms with Crippen molar-refractivity contribution < 1.29 is 4.79 Å². The minimum absolute atomic E-state index is 0.154. The fourth-order valence-corrected chi connectivity index (χ4v) is 2.39. The van der Waals surface area contributed by atoms with Crippen molar-refractivity contribution in [3.63, 3.8) is 0 Å². The molecule has 1 aliphatic heterocycles. The smallest absolute Gasteiger partial charge is 0.228 e. The zero-order valence-corrected chi connectivity index (χ0v) is 7.94. The number of rotatable bonds is 1. The zero-order valence-electron chi connectivity index (χ0n) is 7.13. The van der Waals surface area contributed by atoms with E-state index >= 15 is 0 Å². The molecule has 2 rings (SSSR count). The fraction of sp³-hybridized carbons (Fsp3) is 0.444. The highest BCUT2D eigenvalue weighted by molar-refractivity contribution is 7.10. The Kier molecular flexibility index (Phi) is 1.51. The van der Waals surface area contributed by atoms with Gasteiger partial charge in [0.1, 0.15) is 0 Å². The number of carbonyl (C=O) groups excluding carboxylic acids is 1. The first-order valence-corrected chi connectivity index (χ1v) is 4.84. The SMILES string of the molecule is CC1(C)C(=O)N[C@@H]1c1cccs1. The molecule has 1 fully saturated rings. The third-order valence-electron chi connectivity index (χ3n) is 2.41. The van der Waals surface area contributed by atoms with Crippen LogP contribution in [-0.4, -0.2) is 5.91 Å². The Hall–Kier alpha value is -0.830. The fourth-order valence-electron chi connectivity index (χ4n) is 1.43. The summed E-state index contributed by atoms with van der Waals surface area (Å²) < 4.78 is 0. The highest BCUT2D eigenvalue weighted by Gasteiger charge is 2.48. The van der Waals surface area contributed by atoms with E-state index in [0.29, 0.717) is 0 Å². The molecule has 0 unspecified atom stereocenters. The summed E-state index contributed by atoms with van der Waals surface area (Å²) in [6.07, 6.45) is 0. The molecule has 2 heterocycles. The molecular weight excluding hydrogens is 170 g/mol. The van der Waals surface area contributed by atoms with Gasteiger partial charge in [-0.3, -0.25) is 4.79 Å². The van der Waals surface area contributed by atoms with E-state index in [2.05, 4.69) is 11.4 Å². The molecule has 0 aliphatic carbocycles. The van der Waals surface area contributed by atoms with Crippen LogP contribution in [0.4, 0.5) is 0 Å². The van der Waals surface area contributed by atoms with E-state index in [1.807, 2.05) is 25.3 Å². The predicted molar refractivity (Wildman–Crippen MR) is 49.0 cm³/mol. The van der Waals surface area contributed by atoms with Gasteiger partial charge < -0.3 is 5.32 Å². The molecule has 64 valence electrons. The summed E-state index contributed by atoms with van der Waals surface area (Å²) in [4.78, 5) is 12.4. The van der Waals surface area contributed by atoms with Crippen LogP contribution in [0.25, 0.3) is 0 Å². The summed E-state index contributed by atoms with van der Waals surface area (Å²) in [6, 6.07) is 4.31. The number of β-lactam (4-membered cyclic amide) rings is 1. The van der Waals surface area contributed by atoms with Crippen molar-refractivity contribution in [2.45, 2.75) is 19.9 Å². The number of thiophene rings is 1. The number of amides is 1. The molecule has 1 aromatic heterocycles. The molecule has 3 heteroatoms. The highest BCUT2D eigenvalue weighted by Crippen LogP contribution is 2.42. The Labute approximate surface area is 75.6 Å². The summed E-state index contributed by atoms with van der Waals surface area (Å²) in [6.45, 7) is 3.96. The van der Waals surface area contributed by atoms with Gasteiger partial charge in [0.25, 0.3) is 0 Å². The van der Waals surface area contributed by atoms with Gasteiger partial charge >= 0.3 is 0 Å². The molecule has 12 heavy (non-hydrogen) atoms. The van der Waals surface area contributed by atoms with Crippen LogP contribution >= 0.6 is 11.3 Å². The molecule has 2 nitrogen and oxygen atoms in total. The normalized spacial score (nSPS) is 26.2. The second-order valence-corrected chi connectivity index (χ2v) is 4.62. The molecule has 1 aliphatic rings. The molecule has 0 radical (unpaired) electrons. The van der Waals surface area contributed by atoms with Gasteiger partial charge in [-0.1, -0.05) is 6.07 Å². The Morgan fingerprint density at radius 2 is 2.33 bits per heavy atom. The second-order valence-electron chi connectivity index (χ2n) is 3.64. The summed E-state index contributed by atoms with van der Waals surface area (Å²) in [5, 5.41) is 4.94. The lowest BCUT2D eigenvalue weighted by molar-refractivity contribution is -0.142. The van der Waals surface area contributed by atoms with E-state index in [1.165, 1.54) is 4.88 Å². The number of hydrogen-bond acceptors (Lipinski definition) is 2. The van der Waals surface area contributed by atoms with E-state index in [1.54, 1.807) is 11.3 Å². The molecular formula is C9H11NOS. The summed E-state index contributed by atoms with van der Waals surface area (Å²) >= 11 is 1.70. The number of nitrogens with one attached hydrogen (secondary N) is 1. The van der Waals surface area contributed by atoms with Crippen molar-refractivity contribution in [2.75, 3.05) is 0 Å². The van der Waals surface area contributed by atoms with E-state index in [0.717, 1.165) is 0 Å². The molecule has 0 spiro atoms. The molecule has 0 aromatic carbocycles. The average Bonchev–Trinajstić information content (AvgIpc) is 2.51. The van der Waals surface area contributed by atoms with Crippen molar-refractivity contribution >= 4 is 17.2 Å². The third-order valence-corrected chi connectivity index (χ3v) is 3.35. The molecule has 1 saturated heterocycles. The van der Waals surface area contributed by atoms with Crippen LogP contribution in [0.5, 0.6) is 0 Å². The van der Waals surface area contributed by atoms with Crippen LogP contribution in [0.3, 0.4) is 0 Å². The molecule has 1 aromatic rings. The van der Waals surface area contributed by atoms with Gasteiger partial charge in [-0.05, 0) is 25.3 Å². The standard InChI is InChI=1S/C9H11NOS/c1-9(2)7(10-8(9)11)6-4-3-5-12-6/h3-5,7H,1-2H3,(H,10,11)/t7-/m1/s1. The zero-order chi connectivity index (χ0) is 8.77. The lowest BCUT2D eigenvalue weighted by Crippen LogP contribution is -2.57. The molecule has 1 amide bonds. The van der Waals surface area contributed by atoms with Gasteiger partial charge in [0.15, 0.2) is 0 Å². The van der Waals surface area contributed by atoms with E-state index in [4.69, 9.17) is 0 Å². The first-order chi connectivity index (χ1) is 5.62. The Morgan fingerprint density at radius 3 is 2.75 bits per heavy atom. The van der Waals surface area contributed by atoms with Crippen molar-refractivity contribution in [3.8, 4) is 0 Å². The predicted octanol–water partition coefficient (Wildman–Crippen LogP) is 1.95. The van der Waals surface area contributed by atoms with Crippen molar-refractivity contribution in [1.82, 2.24) is 5.32 Å². The van der Waals surface area contributed by atoms with E-state index in [-0.39, 0.29) is 17.4 Å². The van der Waals surface area contributed by atoms with Gasteiger partial charge in [-0.15, -0.1) is 11.3 Å². The molecule has 1 atom stereocenters. The Balaban J connectivity index is 2.25. The van der Waals surface area contributed by atoms with Gasteiger partial charge in [0.2, 0.25) is 5.91 Å². The third kappa shape index (κ3) is 0.894. The minimum atomic E-state index is -0.217. The van der Waals surface area contributed by atoms with Crippen LogP contribution in [-0.2, 0) is 4.79 Å². The Bertz CT molecular complexity index is 302. The van der Waals surface area contributed by atoms with Crippen LogP contribution in [0, 0.1) is 5.41 Å². The Morgan fingerprint density at radius 1 is 1.58 bits per heavy atom. The van der Waals surface area contributed by atoms with Gasteiger partial charge in [-0.25, -0.2) is 0 Å². The minimum Gasteiger partial charge on any atom is -0.347 e. The number of hydrogen-bond donors (Lipinski definition) is 1. The summed E-state index contributed by atoms with van der Waals surface area (Å²) in [7, 11) is 0. The van der Waals surface area contributed by atoms with Gasteiger partial charge in [-0.2, -0.15) is 0 Å². The first-order valence-electron chi connectivity index (χ1n) is 3.97. The maximum absolute atomic E-state index is 11.2. The number of carbonyl (C=O) groups is 1. The maximum Gasteiger partial charge on any atom is 0.228 e. The topological polar surface area (TPSA) is 29.1 Å². The first kappa shape index (κ1) is 7.80. The van der Waals surface area contributed by atoms with Gasteiger partial charge in [0.05, 0.1) is 11.5 Å². The largest absolute Gasteiger partial charge is 0.347 e. The van der Waals surface area contributed by atoms with Crippen molar-refractivity contribution in [3.05, 3.63) is 22.4 Å². The van der Waals surface area contributed by atoms with Crippen molar-refractivity contribution in [1.29, 1.82) is 0 Å². The maximum atomic E-state index is 11.2. The lowest BCUT2D eigenvalue weighted by Gasteiger charge is -2.43. The van der Waals surface area contributed by atoms with Crippen LogP contribution in [0.2, 0.25) is 0 Å². The summed E-state index contributed by atoms with van der Waals surface area (Å²) in [5.74, 6) is 0.154. The average molecular weight is 181 g/mol. The summed E-state index contributed by atoms with van der Waals surface area (Å²) in [5.41, 5.74) is -0.217. The van der Waals surface area contributed by atoms with Crippen LogP contribution in [0.15, 0.2) is 17.5 Å². The molecule has 0 bridgehead atoms. The van der Waals surface area contributed by atoms with E-state index < -0.39 is 0 Å². The highest BCUT2D eigenvalue weighted by atomic mass is 32.1. The van der Waals surface area contributed by atoms with Crippen LogP contribution in [0.1, 0.15) is 24.8 Å². The quantitative estimate of drug-likeness (QED) is 0.659. The lowest BCUT2D eigenvalue weighted by atomic mass is 9.75. The molecule has 0 saturated carbocycles. The monoisotopic (exact) mass is 181 g/mol. The van der Waals surface area contributed by atoms with E-state index in [9.17, 15) is 4.79 Å². The van der Waals surface area contributed by atoms with Crippen LogP contribution < -0.4 is 5.32 Å². The second kappa shape index (κ2) is 2.33. The van der Waals surface area contributed by atoms with Gasteiger partial charge in [0, 0.05) is 4.88 Å². The molecule has 1 N–H and O–H groups in total. The van der Waals surface area contributed by atoms with Crippen molar-refractivity contribution in [2.24, 2.45) is 5.41 Å².